The van der Waals surface area contributed by atoms with Crippen molar-refractivity contribution >= 4 is 22.3 Å². The number of rotatable bonds is 0. The lowest BCUT2D eigenvalue weighted by atomic mass is 10.6. The second-order valence-electron chi connectivity index (χ2n) is 1.64. The summed E-state index contributed by atoms with van der Waals surface area (Å²) in [5, 5.41) is 0. The Bertz CT molecular complexity index is 81.7. The Balaban J connectivity index is 2.42. The van der Waals surface area contributed by atoms with Crippen LogP contribution in [0, 0.1) is 0 Å². The molecule has 1 heterocycles. The first kappa shape index (κ1) is 5.09. The Morgan fingerprint density at radius 3 is 2.86 bits per heavy atom. The minimum Gasteiger partial charge on any atom is -0.363 e. The van der Waals surface area contributed by atoms with E-state index >= 15 is 0 Å². The molecular formula is C4H7BrN2. The van der Waals surface area contributed by atoms with Crippen molar-refractivity contribution in [1.29, 1.82) is 0 Å². The third-order valence-corrected chi connectivity index (χ3v) is 1.39. The van der Waals surface area contributed by atoms with E-state index in [1.165, 1.54) is 0 Å². The summed E-state index contributed by atoms with van der Waals surface area (Å²) >= 11 is 3.34. The lowest BCUT2D eigenvalue weighted by Gasteiger charge is -2.02. The molecule has 1 unspecified atom stereocenters. The molecule has 1 aliphatic rings. The number of hydrogen-bond donors (Lipinski definition) is 0. The van der Waals surface area contributed by atoms with Crippen LogP contribution in [0.3, 0.4) is 0 Å². The van der Waals surface area contributed by atoms with E-state index in [4.69, 9.17) is 0 Å². The molecule has 0 N–H and O–H groups in total. The third kappa shape index (κ3) is 1.16. The molecule has 0 amide bonds. The van der Waals surface area contributed by atoms with Crippen LogP contribution < -0.4 is 0 Å². The van der Waals surface area contributed by atoms with Crippen molar-refractivity contribution in [3.05, 3.63) is 0 Å². The molecule has 0 radical (unpaired) electrons. The Kier molecular flexibility index (Phi) is 1.32. The van der Waals surface area contributed by atoms with Gasteiger partial charge >= 0.3 is 0 Å². The first-order valence-electron chi connectivity index (χ1n) is 2.16. The average Bonchev–Trinajstić information content (AvgIpc) is 1.87. The Morgan fingerprint density at radius 2 is 2.71 bits per heavy atom. The molecular weight excluding hydrogens is 156 g/mol. The molecule has 0 bridgehead atoms. The quantitative estimate of drug-likeness (QED) is 0.378. The van der Waals surface area contributed by atoms with Crippen LogP contribution in [0.2, 0.25) is 0 Å². The molecule has 0 fully saturated rings. The largest absolute Gasteiger partial charge is 0.363 e. The second-order valence-corrected chi connectivity index (χ2v) is 2.70. The van der Waals surface area contributed by atoms with Crippen LogP contribution in [0.1, 0.15) is 0 Å². The minimum absolute atomic E-state index is 0.331. The maximum atomic E-state index is 4.03. The van der Waals surface area contributed by atoms with Crippen molar-refractivity contribution in [3.63, 3.8) is 0 Å². The van der Waals surface area contributed by atoms with Crippen LogP contribution in [-0.4, -0.2) is 29.8 Å². The molecule has 0 aromatic rings. The van der Waals surface area contributed by atoms with Gasteiger partial charge in [0.15, 0.2) is 0 Å². The van der Waals surface area contributed by atoms with Gasteiger partial charge in [0.2, 0.25) is 0 Å². The van der Waals surface area contributed by atoms with Crippen molar-refractivity contribution in [1.82, 2.24) is 4.90 Å². The zero-order valence-corrected chi connectivity index (χ0v) is 5.72. The fourth-order valence-electron chi connectivity index (χ4n) is 0.518. The molecule has 2 nitrogen and oxygen atoms in total. The van der Waals surface area contributed by atoms with Gasteiger partial charge < -0.3 is 4.90 Å². The number of hydrogen-bond acceptors (Lipinski definition) is 2. The van der Waals surface area contributed by atoms with E-state index in [1.54, 1.807) is 0 Å². The van der Waals surface area contributed by atoms with Crippen molar-refractivity contribution in [2.24, 2.45) is 4.99 Å². The summed E-state index contributed by atoms with van der Waals surface area (Å²) in [7, 11) is 2.00. The molecule has 0 spiro atoms. The van der Waals surface area contributed by atoms with Crippen molar-refractivity contribution in [2.45, 2.75) is 4.95 Å². The molecule has 0 aliphatic carbocycles. The molecule has 1 rings (SSSR count). The molecule has 0 saturated heterocycles. The third-order valence-electron chi connectivity index (χ3n) is 0.864. The lowest BCUT2D eigenvalue weighted by Crippen LogP contribution is -2.14. The summed E-state index contributed by atoms with van der Waals surface area (Å²) in [6, 6.07) is 0. The summed E-state index contributed by atoms with van der Waals surface area (Å²) in [5.74, 6) is 0. The van der Waals surface area contributed by atoms with Crippen molar-refractivity contribution < 1.29 is 0 Å². The molecule has 7 heavy (non-hydrogen) atoms. The predicted molar refractivity (Wildman–Crippen MR) is 33.8 cm³/mol. The van der Waals surface area contributed by atoms with Gasteiger partial charge in [-0.1, -0.05) is 15.9 Å². The van der Waals surface area contributed by atoms with Crippen molar-refractivity contribution in [3.8, 4) is 0 Å². The zero-order valence-electron chi connectivity index (χ0n) is 4.13. The van der Waals surface area contributed by atoms with Crippen LogP contribution in [0.25, 0.3) is 0 Å². The lowest BCUT2D eigenvalue weighted by molar-refractivity contribution is 0.559. The number of halogens is 1. The smallest absolute Gasteiger partial charge is 0.124 e. The van der Waals surface area contributed by atoms with Crippen LogP contribution in [0.4, 0.5) is 0 Å². The van der Waals surface area contributed by atoms with E-state index in [9.17, 15) is 0 Å². The molecule has 1 atom stereocenters. The Labute approximate surface area is 51.4 Å². The maximum Gasteiger partial charge on any atom is 0.124 e. The summed E-state index contributed by atoms with van der Waals surface area (Å²) in [6.45, 7) is 1.00. The topological polar surface area (TPSA) is 15.6 Å². The van der Waals surface area contributed by atoms with Gasteiger partial charge in [0.1, 0.15) is 4.95 Å². The van der Waals surface area contributed by atoms with E-state index in [0.717, 1.165) is 6.54 Å². The standard InChI is InChI=1S/C4H7BrN2/c1-7-2-4(5)6-3-7/h3-4H,2H2,1H3. The maximum absolute atomic E-state index is 4.03. The molecule has 0 aromatic carbocycles. The zero-order chi connectivity index (χ0) is 5.28. The van der Waals surface area contributed by atoms with Gasteiger partial charge in [-0.05, 0) is 0 Å². The Morgan fingerprint density at radius 1 is 2.00 bits per heavy atom. The van der Waals surface area contributed by atoms with Crippen LogP contribution in [0.15, 0.2) is 4.99 Å². The normalized spacial score (nSPS) is 29.4. The Hall–Kier alpha value is -0.0500. The highest BCUT2D eigenvalue weighted by Gasteiger charge is 2.07. The summed E-state index contributed by atoms with van der Waals surface area (Å²) in [4.78, 5) is 6.41. The first-order chi connectivity index (χ1) is 3.29. The number of nitrogens with zero attached hydrogens (tertiary/aromatic N) is 2. The first-order valence-corrected chi connectivity index (χ1v) is 3.08. The second kappa shape index (κ2) is 1.82. The fraction of sp³-hybridized carbons (Fsp3) is 0.750. The molecule has 1 aliphatic heterocycles. The summed E-state index contributed by atoms with van der Waals surface area (Å²) in [5.41, 5.74) is 0. The number of likely N-dealkylation sites (N-methyl/N-ethyl adjacent to an activating group) is 1. The van der Waals surface area contributed by atoms with E-state index in [0.29, 0.717) is 4.95 Å². The van der Waals surface area contributed by atoms with Gasteiger partial charge in [-0.15, -0.1) is 0 Å². The molecule has 3 heteroatoms. The van der Waals surface area contributed by atoms with Gasteiger partial charge in [0.05, 0.1) is 12.9 Å². The number of alkyl halides is 1. The molecule has 0 saturated carbocycles. The van der Waals surface area contributed by atoms with Crippen LogP contribution in [0.5, 0.6) is 0 Å². The highest BCUT2D eigenvalue weighted by Crippen LogP contribution is 2.06. The van der Waals surface area contributed by atoms with Crippen molar-refractivity contribution in [2.75, 3.05) is 13.6 Å². The van der Waals surface area contributed by atoms with Gasteiger partial charge in [-0.25, -0.2) is 0 Å². The van der Waals surface area contributed by atoms with Gasteiger partial charge in [-0.3, -0.25) is 4.99 Å². The van der Waals surface area contributed by atoms with Crippen LogP contribution in [-0.2, 0) is 0 Å². The molecule has 40 valence electrons. The number of aliphatic imine (C=N–C) groups is 1. The SMILES string of the molecule is CN1C=NC(Br)C1. The fourth-order valence-corrected chi connectivity index (χ4v) is 1.08. The molecule has 0 aromatic heterocycles. The highest BCUT2D eigenvalue weighted by atomic mass is 79.9. The predicted octanol–water partition coefficient (Wildman–Crippen LogP) is 0.681. The van der Waals surface area contributed by atoms with E-state index in [2.05, 4.69) is 20.9 Å². The van der Waals surface area contributed by atoms with Gasteiger partial charge in [-0.2, -0.15) is 0 Å². The highest BCUT2D eigenvalue weighted by molar-refractivity contribution is 9.09. The van der Waals surface area contributed by atoms with E-state index in [-0.39, 0.29) is 0 Å². The average molecular weight is 163 g/mol. The van der Waals surface area contributed by atoms with E-state index in [1.807, 2.05) is 18.3 Å². The monoisotopic (exact) mass is 162 g/mol. The summed E-state index contributed by atoms with van der Waals surface area (Å²) in [6.07, 6.45) is 1.83. The van der Waals surface area contributed by atoms with Crippen LogP contribution >= 0.6 is 15.9 Å². The van der Waals surface area contributed by atoms with E-state index < -0.39 is 0 Å². The minimum atomic E-state index is 0.331. The van der Waals surface area contributed by atoms with Gasteiger partial charge in [0, 0.05) is 7.05 Å². The summed E-state index contributed by atoms with van der Waals surface area (Å²) < 4.78 is 0. The van der Waals surface area contributed by atoms with Gasteiger partial charge in [0.25, 0.3) is 0 Å².